The number of amides is 1. The molecule has 2 heterocycles. The van der Waals surface area contributed by atoms with E-state index < -0.39 is 12.0 Å². The summed E-state index contributed by atoms with van der Waals surface area (Å²) in [5, 5.41) is 32.3. The second-order valence-electron chi connectivity index (χ2n) is 7.55. The van der Waals surface area contributed by atoms with Crippen molar-refractivity contribution in [2.24, 2.45) is 0 Å². The number of phenolic OH excluding ortho intramolecular Hbond substituents is 2. The number of hydrogen-bond acceptors (Lipinski definition) is 8. The smallest absolute Gasteiger partial charge is 0.281 e. The van der Waals surface area contributed by atoms with Gasteiger partial charge >= 0.3 is 0 Å². The Morgan fingerprint density at radius 2 is 1.91 bits per heavy atom. The Labute approximate surface area is 193 Å². The molecule has 1 amide bonds. The summed E-state index contributed by atoms with van der Waals surface area (Å²) in [4.78, 5) is 12.9. The molecule has 8 nitrogen and oxygen atoms in total. The van der Waals surface area contributed by atoms with Crippen molar-refractivity contribution >= 4 is 23.4 Å². The van der Waals surface area contributed by atoms with Gasteiger partial charge < -0.3 is 24.7 Å². The lowest BCUT2D eigenvalue weighted by molar-refractivity contribution is -0.123. The molecule has 1 aromatic heterocycles. The Hall–Kier alpha value is -3.98. The van der Waals surface area contributed by atoms with Crippen LogP contribution in [0.4, 0.5) is 5.69 Å². The number of phenols is 2. The first-order chi connectivity index (χ1) is 16.0. The van der Waals surface area contributed by atoms with Gasteiger partial charge in [-0.15, -0.1) is 10.2 Å². The highest BCUT2D eigenvalue weighted by Crippen LogP contribution is 2.46. The van der Waals surface area contributed by atoms with Gasteiger partial charge in [-0.05, 0) is 54.6 Å². The molecule has 3 N–H and O–H groups in total. The van der Waals surface area contributed by atoms with Crippen LogP contribution in [0.2, 0.25) is 0 Å². The van der Waals surface area contributed by atoms with Gasteiger partial charge in [-0.3, -0.25) is 4.79 Å². The number of fused-ring (bicyclic) bond motifs is 1. The van der Waals surface area contributed by atoms with Crippen molar-refractivity contribution in [1.29, 1.82) is 0 Å². The average Bonchev–Trinajstić information content (AvgIpc) is 3.27. The summed E-state index contributed by atoms with van der Waals surface area (Å²) in [5.74, 6) is 0.231. The number of anilines is 1. The highest BCUT2D eigenvalue weighted by atomic mass is 32.2. The molecule has 9 heteroatoms. The van der Waals surface area contributed by atoms with Crippen molar-refractivity contribution < 1.29 is 24.2 Å². The molecule has 0 aliphatic carbocycles. The van der Waals surface area contributed by atoms with E-state index in [2.05, 4.69) is 15.5 Å². The van der Waals surface area contributed by atoms with Crippen molar-refractivity contribution in [3.05, 3.63) is 71.8 Å². The van der Waals surface area contributed by atoms with Gasteiger partial charge in [0.15, 0.2) is 6.10 Å². The maximum Gasteiger partial charge on any atom is 0.281 e. The number of carbonyl (C=O) groups excluding carboxylic acids is 1. The predicted molar refractivity (Wildman–Crippen MR) is 122 cm³/mol. The molecule has 0 spiro atoms. The number of nitrogens with one attached hydrogen (secondary N) is 1. The third-order valence-corrected chi connectivity index (χ3v) is 6.04. The van der Waals surface area contributed by atoms with Crippen molar-refractivity contribution in [2.75, 3.05) is 5.32 Å². The number of rotatable bonds is 5. The SMILES string of the molecule is Cc1cccc(OC2Cc3c(O)c(Sc4nnc(-c5ccccc5)o4)cc(O)c3NC2=O)c1. The van der Waals surface area contributed by atoms with Gasteiger partial charge in [0.05, 0.1) is 10.6 Å². The Morgan fingerprint density at radius 3 is 2.70 bits per heavy atom. The molecule has 0 radical (unpaired) electrons. The molecule has 166 valence electrons. The van der Waals surface area contributed by atoms with Crippen LogP contribution in [-0.2, 0) is 11.2 Å². The molecule has 0 bridgehead atoms. The van der Waals surface area contributed by atoms with Crippen molar-refractivity contribution in [3.8, 4) is 28.7 Å². The number of hydrogen-bond donors (Lipinski definition) is 3. The number of benzene rings is 3. The Bertz CT molecular complexity index is 1340. The highest BCUT2D eigenvalue weighted by molar-refractivity contribution is 7.99. The van der Waals surface area contributed by atoms with E-state index in [1.54, 1.807) is 6.07 Å². The van der Waals surface area contributed by atoms with Crippen molar-refractivity contribution in [3.63, 3.8) is 0 Å². The highest BCUT2D eigenvalue weighted by Gasteiger charge is 2.33. The van der Waals surface area contributed by atoms with Crippen LogP contribution in [0.3, 0.4) is 0 Å². The van der Waals surface area contributed by atoms with Crippen LogP contribution in [0.5, 0.6) is 17.2 Å². The van der Waals surface area contributed by atoms with Crippen molar-refractivity contribution in [2.45, 2.75) is 29.6 Å². The van der Waals surface area contributed by atoms with E-state index in [-0.39, 0.29) is 28.8 Å². The maximum atomic E-state index is 12.6. The second-order valence-corrected chi connectivity index (χ2v) is 8.55. The van der Waals surface area contributed by atoms with Crippen molar-refractivity contribution in [1.82, 2.24) is 10.2 Å². The quantitative estimate of drug-likeness (QED) is 0.293. The molecule has 0 saturated carbocycles. The first-order valence-corrected chi connectivity index (χ1v) is 11.0. The monoisotopic (exact) mass is 461 g/mol. The zero-order chi connectivity index (χ0) is 22.9. The van der Waals surface area contributed by atoms with Gasteiger partial charge in [0.2, 0.25) is 5.89 Å². The van der Waals surface area contributed by atoms with Gasteiger partial charge in [-0.1, -0.05) is 30.3 Å². The predicted octanol–water partition coefficient (Wildman–Crippen LogP) is 4.55. The molecule has 3 aromatic carbocycles. The van der Waals surface area contributed by atoms with Crippen LogP contribution in [0, 0.1) is 6.92 Å². The lowest BCUT2D eigenvalue weighted by Crippen LogP contribution is -2.38. The fourth-order valence-electron chi connectivity index (χ4n) is 3.57. The number of nitrogens with zero attached hydrogens (tertiary/aromatic N) is 2. The third kappa shape index (κ3) is 4.22. The van der Waals surface area contributed by atoms with Crippen LogP contribution >= 0.6 is 11.8 Å². The zero-order valence-electron chi connectivity index (χ0n) is 17.5. The molecule has 4 aromatic rings. The third-order valence-electron chi connectivity index (χ3n) is 5.17. The molecule has 33 heavy (non-hydrogen) atoms. The molecule has 1 atom stereocenters. The second kappa shape index (κ2) is 8.51. The number of ether oxygens (including phenoxy) is 1. The van der Waals surface area contributed by atoms with Crippen LogP contribution in [0.1, 0.15) is 11.1 Å². The van der Waals surface area contributed by atoms with E-state index in [0.717, 1.165) is 22.9 Å². The maximum absolute atomic E-state index is 12.6. The van der Waals surface area contributed by atoms with Crippen LogP contribution in [-0.4, -0.2) is 32.4 Å². The fraction of sp³-hybridized carbons (Fsp3) is 0.125. The topological polar surface area (TPSA) is 118 Å². The normalized spacial score (nSPS) is 15.1. The molecule has 1 aliphatic rings. The molecule has 0 saturated heterocycles. The zero-order valence-corrected chi connectivity index (χ0v) is 18.3. The first-order valence-electron chi connectivity index (χ1n) is 10.2. The summed E-state index contributed by atoms with van der Waals surface area (Å²) < 4.78 is 11.6. The summed E-state index contributed by atoms with van der Waals surface area (Å²) in [5.41, 5.74) is 2.31. The van der Waals surface area contributed by atoms with Crippen LogP contribution in [0.15, 0.2) is 75.2 Å². The molecule has 5 rings (SSSR count). The fourth-order valence-corrected chi connectivity index (χ4v) is 4.36. The molecular weight excluding hydrogens is 442 g/mol. The Balaban J connectivity index is 1.41. The number of aromatic nitrogens is 2. The first kappa shape index (κ1) is 20.9. The molecule has 1 aliphatic heterocycles. The largest absolute Gasteiger partial charge is 0.506 e. The van der Waals surface area contributed by atoms with E-state index in [0.29, 0.717) is 22.1 Å². The minimum Gasteiger partial charge on any atom is -0.506 e. The standard InChI is InChI=1S/C24H19N3O5S/c1-13-6-5-9-15(10-13)31-18-11-16-20(25-22(18)30)17(28)12-19(21(16)29)33-24-27-26-23(32-24)14-7-3-2-4-8-14/h2-10,12,18,28-29H,11H2,1H3,(H,25,30). The van der Waals surface area contributed by atoms with Gasteiger partial charge in [0, 0.05) is 17.5 Å². The number of aromatic hydroxyl groups is 2. The van der Waals surface area contributed by atoms with E-state index in [9.17, 15) is 15.0 Å². The summed E-state index contributed by atoms with van der Waals surface area (Å²) in [6, 6.07) is 18.0. The molecule has 0 fully saturated rings. The Kier molecular flexibility index (Phi) is 5.39. The van der Waals surface area contributed by atoms with Crippen LogP contribution in [0.25, 0.3) is 11.5 Å². The van der Waals surface area contributed by atoms with E-state index in [4.69, 9.17) is 9.15 Å². The van der Waals surface area contributed by atoms with E-state index in [1.807, 2.05) is 55.5 Å². The summed E-state index contributed by atoms with van der Waals surface area (Å²) in [7, 11) is 0. The summed E-state index contributed by atoms with van der Waals surface area (Å²) in [6.07, 6.45) is -0.778. The van der Waals surface area contributed by atoms with Gasteiger partial charge in [0.25, 0.3) is 11.1 Å². The van der Waals surface area contributed by atoms with Crippen LogP contribution < -0.4 is 10.1 Å². The van der Waals surface area contributed by atoms with Gasteiger partial charge in [0.1, 0.15) is 17.2 Å². The van der Waals surface area contributed by atoms with Gasteiger partial charge in [-0.2, -0.15) is 0 Å². The lowest BCUT2D eigenvalue weighted by atomic mass is 9.99. The van der Waals surface area contributed by atoms with E-state index in [1.165, 1.54) is 6.07 Å². The Morgan fingerprint density at radius 1 is 1.09 bits per heavy atom. The van der Waals surface area contributed by atoms with E-state index >= 15 is 0 Å². The average molecular weight is 461 g/mol. The minimum absolute atomic E-state index is 0.0853. The minimum atomic E-state index is -0.863. The molecular formula is C24H19N3O5S. The summed E-state index contributed by atoms with van der Waals surface area (Å²) >= 11 is 1.02. The number of carbonyl (C=O) groups is 1. The van der Waals surface area contributed by atoms with Gasteiger partial charge in [-0.25, -0.2) is 0 Å². The number of aryl methyl sites for hydroxylation is 1. The lowest BCUT2D eigenvalue weighted by Gasteiger charge is -2.27. The molecule has 1 unspecified atom stereocenters. The summed E-state index contributed by atoms with van der Waals surface area (Å²) in [6.45, 7) is 1.93.